The molecule has 0 amide bonds. The lowest BCUT2D eigenvalue weighted by Gasteiger charge is -2.15. The van der Waals surface area contributed by atoms with Crippen LogP contribution in [0, 0.1) is 0 Å². The van der Waals surface area contributed by atoms with Crippen LogP contribution in [0.15, 0.2) is 47.9 Å². The van der Waals surface area contributed by atoms with Crippen LogP contribution in [0.1, 0.15) is 43.5 Å². The lowest BCUT2D eigenvalue weighted by atomic mass is 10.1. The van der Waals surface area contributed by atoms with E-state index in [2.05, 4.69) is 18.3 Å². The second kappa shape index (κ2) is 8.27. The SMILES string of the molecule is CCCCOC(=O)c1ccc(NC=C2CC=C(C)OC2)cc1. The quantitative estimate of drug-likeness (QED) is 0.630. The number of carbonyl (C=O) groups excluding carboxylic acids is 1. The standard InChI is InChI=1S/C18H23NO3/c1-3-4-11-21-18(20)16-7-9-17(10-8-16)19-12-15-6-5-14(2)22-13-15/h5,7-10,12,19H,3-4,6,11,13H2,1-2H3. The average molecular weight is 301 g/mol. The molecule has 0 saturated carbocycles. The molecule has 0 fully saturated rings. The molecule has 118 valence electrons. The van der Waals surface area contributed by atoms with E-state index < -0.39 is 0 Å². The van der Waals surface area contributed by atoms with Gasteiger partial charge in [-0.2, -0.15) is 0 Å². The number of benzene rings is 1. The minimum atomic E-state index is -0.264. The van der Waals surface area contributed by atoms with Crippen molar-refractivity contribution >= 4 is 11.7 Å². The van der Waals surface area contributed by atoms with Crippen molar-refractivity contribution in [3.8, 4) is 0 Å². The third-order valence-electron chi connectivity index (χ3n) is 3.43. The van der Waals surface area contributed by atoms with Crippen molar-refractivity contribution in [1.82, 2.24) is 0 Å². The smallest absolute Gasteiger partial charge is 0.338 e. The summed E-state index contributed by atoms with van der Waals surface area (Å²) in [7, 11) is 0. The van der Waals surface area contributed by atoms with Crippen LogP contribution in [0.3, 0.4) is 0 Å². The van der Waals surface area contributed by atoms with Gasteiger partial charge in [0, 0.05) is 11.9 Å². The fourth-order valence-corrected chi connectivity index (χ4v) is 1.98. The molecule has 0 atom stereocenters. The van der Waals surface area contributed by atoms with E-state index in [0.29, 0.717) is 18.8 Å². The van der Waals surface area contributed by atoms with Crippen molar-refractivity contribution in [3.63, 3.8) is 0 Å². The molecule has 1 aromatic carbocycles. The number of anilines is 1. The zero-order valence-corrected chi connectivity index (χ0v) is 13.2. The molecule has 1 aliphatic heterocycles. The third kappa shape index (κ3) is 4.95. The highest BCUT2D eigenvalue weighted by Gasteiger charge is 2.07. The molecule has 1 aromatic rings. The van der Waals surface area contributed by atoms with Crippen molar-refractivity contribution in [1.29, 1.82) is 0 Å². The van der Waals surface area contributed by atoms with Crippen molar-refractivity contribution in [2.45, 2.75) is 33.1 Å². The lowest BCUT2D eigenvalue weighted by molar-refractivity contribution is 0.0500. The molecule has 22 heavy (non-hydrogen) atoms. The highest BCUT2D eigenvalue weighted by atomic mass is 16.5. The van der Waals surface area contributed by atoms with Gasteiger partial charge in [-0.25, -0.2) is 4.79 Å². The molecule has 2 rings (SSSR count). The maximum absolute atomic E-state index is 11.8. The summed E-state index contributed by atoms with van der Waals surface area (Å²) in [6, 6.07) is 7.30. The molecule has 0 radical (unpaired) electrons. The van der Waals surface area contributed by atoms with Gasteiger partial charge in [-0.05, 0) is 55.7 Å². The Morgan fingerprint density at radius 1 is 1.36 bits per heavy atom. The van der Waals surface area contributed by atoms with Crippen LogP contribution >= 0.6 is 0 Å². The number of esters is 1. The van der Waals surface area contributed by atoms with Gasteiger partial charge in [0.1, 0.15) is 6.61 Å². The van der Waals surface area contributed by atoms with Gasteiger partial charge >= 0.3 is 5.97 Å². The Morgan fingerprint density at radius 3 is 2.77 bits per heavy atom. The molecule has 0 saturated heterocycles. The first-order valence-electron chi connectivity index (χ1n) is 7.70. The topological polar surface area (TPSA) is 47.6 Å². The van der Waals surface area contributed by atoms with Gasteiger partial charge < -0.3 is 14.8 Å². The number of hydrogen-bond donors (Lipinski definition) is 1. The molecule has 0 bridgehead atoms. The van der Waals surface area contributed by atoms with Gasteiger partial charge in [0.05, 0.1) is 17.9 Å². The Bertz CT molecular complexity index is 558. The fourth-order valence-electron chi connectivity index (χ4n) is 1.98. The minimum absolute atomic E-state index is 0.264. The number of nitrogens with one attached hydrogen (secondary N) is 1. The lowest BCUT2D eigenvalue weighted by Crippen LogP contribution is -2.06. The predicted molar refractivity (Wildman–Crippen MR) is 87.7 cm³/mol. The second-order valence-electron chi connectivity index (χ2n) is 5.32. The van der Waals surface area contributed by atoms with Crippen molar-refractivity contribution < 1.29 is 14.3 Å². The Kier molecular flexibility index (Phi) is 6.07. The van der Waals surface area contributed by atoms with Gasteiger partial charge in [0.15, 0.2) is 0 Å². The number of rotatable bonds is 6. The van der Waals surface area contributed by atoms with Crippen LogP contribution in [0.4, 0.5) is 5.69 Å². The van der Waals surface area contributed by atoms with Gasteiger partial charge in [-0.1, -0.05) is 13.3 Å². The minimum Gasteiger partial charge on any atom is -0.494 e. The van der Waals surface area contributed by atoms with E-state index in [1.165, 1.54) is 5.57 Å². The molecule has 1 N–H and O–H groups in total. The van der Waals surface area contributed by atoms with E-state index in [0.717, 1.165) is 30.7 Å². The number of ether oxygens (including phenoxy) is 2. The zero-order valence-electron chi connectivity index (χ0n) is 13.2. The summed E-state index contributed by atoms with van der Waals surface area (Å²) >= 11 is 0. The number of hydrogen-bond acceptors (Lipinski definition) is 4. The third-order valence-corrected chi connectivity index (χ3v) is 3.43. The summed E-state index contributed by atoms with van der Waals surface area (Å²) in [5.41, 5.74) is 2.70. The van der Waals surface area contributed by atoms with Crippen molar-refractivity contribution in [2.75, 3.05) is 18.5 Å². The van der Waals surface area contributed by atoms with Crippen LogP contribution in [0.5, 0.6) is 0 Å². The summed E-state index contributed by atoms with van der Waals surface area (Å²) in [4.78, 5) is 11.8. The molecule has 0 spiro atoms. The van der Waals surface area contributed by atoms with Crippen LogP contribution in [0.25, 0.3) is 0 Å². The van der Waals surface area contributed by atoms with E-state index in [1.807, 2.05) is 25.3 Å². The first-order chi connectivity index (χ1) is 10.7. The van der Waals surface area contributed by atoms with E-state index >= 15 is 0 Å². The molecular weight excluding hydrogens is 278 g/mol. The zero-order chi connectivity index (χ0) is 15.8. The second-order valence-corrected chi connectivity index (χ2v) is 5.32. The maximum Gasteiger partial charge on any atom is 0.338 e. The Hall–Kier alpha value is -2.23. The van der Waals surface area contributed by atoms with Gasteiger partial charge in [0.25, 0.3) is 0 Å². The maximum atomic E-state index is 11.8. The number of carbonyl (C=O) groups is 1. The molecule has 1 aliphatic rings. The first-order valence-corrected chi connectivity index (χ1v) is 7.70. The largest absolute Gasteiger partial charge is 0.494 e. The Balaban J connectivity index is 1.86. The van der Waals surface area contributed by atoms with Crippen LogP contribution in [0.2, 0.25) is 0 Å². The van der Waals surface area contributed by atoms with Crippen LogP contribution < -0.4 is 5.32 Å². The summed E-state index contributed by atoms with van der Waals surface area (Å²) in [6.45, 7) is 5.13. The molecular formula is C18H23NO3. The summed E-state index contributed by atoms with van der Waals surface area (Å²) in [6.07, 6.45) is 6.84. The van der Waals surface area contributed by atoms with Crippen molar-refractivity contribution in [3.05, 3.63) is 53.4 Å². The molecule has 0 aliphatic carbocycles. The Morgan fingerprint density at radius 2 is 2.14 bits per heavy atom. The first kappa shape index (κ1) is 16.1. The molecule has 0 aromatic heterocycles. The molecule has 1 heterocycles. The normalized spacial score (nSPS) is 15.9. The predicted octanol–water partition coefficient (Wildman–Crippen LogP) is 4.26. The van der Waals surface area contributed by atoms with Gasteiger partial charge in [-0.3, -0.25) is 0 Å². The summed E-state index contributed by atoms with van der Waals surface area (Å²) in [5.74, 6) is 0.711. The number of allylic oxidation sites excluding steroid dienone is 2. The van der Waals surface area contributed by atoms with Gasteiger partial charge in [0.2, 0.25) is 0 Å². The fraction of sp³-hybridized carbons (Fsp3) is 0.389. The average Bonchev–Trinajstić information content (AvgIpc) is 2.55. The molecule has 4 heteroatoms. The van der Waals surface area contributed by atoms with E-state index in [4.69, 9.17) is 9.47 Å². The monoisotopic (exact) mass is 301 g/mol. The van der Waals surface area contributed by atoms with Crippen LogP contribution in [-0.2, 0) is 9.47 Å². The van der Waals surface area contributed by atoms with Crippen molar-refractivity contribution in [2.24, 2.45) is 0 Å². The molecule has 4 nitrogen and oxygen atoms in total. The number of unbranched alkanes of at least 4 members (excludes halogenated alkanes) is 1. The van der Waals surface area contributed by atoms with Crippen LogP contribution in [-0.4, -0.2) is 19.2 Å². The highest BCUT2D eigenvalue weighted by Crippen LogP contribution is 2.16. The summed E-state index contributed by atoms with van der Waals surface area (Å²) < 4.78 is 10.6. The highest BCUT2D eigenvalue weighted by molar-refractivity contribution is 5.89. The summed E-state index contributed by atoms with van der Waals surface area (Å²) in [5, 5.41) is 3.22. The van der Waals surface area contributed by atoms with Gasteiger partial charge in [-0.15, -0.1) is 0 Å². The van der Waals surface area contributed by atoms with E-state index in [9.17, 15) is 4.79 Å². The van der Waals surface area contributed by atoms with E-state index in [-0.39, 0.29) is 5.97 Å². The Labute approximate surface area is 131 Å². The van der Waals surface area contributed by atoms with E-state index in [1.54, 1.807) is 12.1 Å². The molecule has 0 unspecified atom stereocenters.